The Bertz CT molecular complexity index is 1800. The maximum atomic E-state index is 13.0. The number of carbonyl (C=O) groups is 4. The summed E-state index contributed by atoms with van der Waals surface area (Å²) in [4.78, 5) is 72.6. The van der Waals surface area contributed by atoms with Crippen LogP contribution in [0.1, 0.15) is 370 Å². The molecule has 546 valence electrons. The molecule has 17 nitrogen and oxygen atoms in total. The van der Waals surface area contributed by atoms with Crippen molar-refractivity contribution in [3.05, 3.63) is 0 Å². The summed E-state index contributed by atoms with van der Waals surface area (Å²) in [7, 11) is -9.90. The van der Waals surface area contributed by atoms with Crippen molar-refractivity contribution in [1.29, 1.82) is 0 Å². The molecule has 19 heteroatoms. The minimum Gasteiger partial charge on any atom is -0.462 e. The number of hydrogen-bond acceptors (Lipinski definition) is 15. The van der Waals surface area contributed by atoms with E-state index in [4.69, 9.17) is 37.0 Å². The minimum atomic E-state index is -4.95. The Kier molecular flexibility index (Phi) is 62.4. The van der Waals surface area contributed by atoms with E-state index >= 15 is 0 Å². The third kappa shape index (κ3) is 65.4. The van der Waals surface area contributed by atoms with E-state index in [9.17, 15) is 43.2 Å². The van der Waals surface area contributed by atoms with Gasteiger partial charge in [-0.3, -0.25) is 37.3 Å². The summed E-state index contributed by atoms with van der Waals surface area (Å²) in [6.07, 6.45) is 48.6. The summed E-state index contributed by atoms with van der Waals surface area (Å²) in [6.45, 7) is 11.9. The second kappa shape index (κ2) is 63.8. The van der Waals surface area contributed by atoms with Crippen LogP contribution >= 0.6 is 15.6 Å². The zero-order chi connectivity index (χ0) is 68.0. The van der Waals surface area contributed by atoms with Gasteiger partial charge in [-0.25, -0.2) is 9.13 Å². The molecule has 0 heterocycles. The first-order valence-corrected chi connectivity index (χ1v) is 40.9. The standard InChI is InChI=1S/C73H142O17P2/c1-8-10-11-12-13-23-33-40-47-54-70(75)83-60-69(90-73(78)57-50-43-36-29-28-32-39-46-53-66(7)9-2)63-88-92(81,82)86-59-67(74)58-85-91(79,80)87-62-68(61-84-71(76)55-48-41-34-27-22-25-31-38-45-52-65(5)6)89-72(77)56-49-42-35-26-21-19-17-15-14-16-18-20-24-30-37-44-51-64(3)4/h64-69,74H,8-63H2,1-7H3,(H,79,80)(H,81,82)/t66?,67-,68-,69-/m1/s1. The van der Waals surface area contributed by atoms with E-state index in [0.717, 1.165) is 108 Å². The molecule has 3 N–H and O–H groups in total. The molecule has 0 rings (SSSR count). The van der Waals surface area contributed by atoms with Crippen LogP contribution in [0.5, 0.6) is 0 Å². The predicted octanol–water partition coefficient (Wildman–Crippen LogP) is 21.0. The number of rotatable bonds is 71. The largest absolute Gasteiger partial charge is 0.472 e. The number of ether oxygens (including phenoxy) is 4. The quantitative estimate of drug-likeness (QED) is 0.0222. The van der Waals surface area contributed by atoms with Crippen LogP contribution in [-0.4, -0.2) is 96.7 Å². The van der Waals surface area contributed by atoms with Crippen LogP contribution < -0.4 is 0 Å². The van der Waals surface area contributed by atoms with Crippen molar-refractivity contribution >= 4 is 39.5 Å². The smallest absolute Gasteiger partial charge is 0.462 e. The Hall–Kier alpha value is -1.94. The Morgan fingerprint density at radius 3 is 0.826 bits per heavy atom. The molecule has 0 aliphatic carbocycles. The molecule has 0 aromatic rings. The van der Waals surface area contributed by atoms with Crippen LogP contribution in [-0.2, 0) is 65.4 Å². The van der Waals surface area contributed by atoms with Gasteiger partial charge in [-0.05, 0) is 43.4 Å². The Morgan fingerprint density at radius 1 is 0.315 bits per heavy atom. The van der Waals surface area contributed by atoms with Crippen LogP contribution in [0, 0.1) is 17.8 Å². The number of carbonyl (C=O) groups excluding carboxylic acids is 4. The first-order chi connectivity index (χ1) is 44.3. The van der Waals surface area contributed by atoms with E-state index in [2.05, 4.69) is 48.5 Å². The number of aliphatic hydroxyl groups excluding tert-OH is 1. The van der Waals surface area contributed by atoms with E-state index in [1.165, 1.54) is 180 Å². The first-order valence-electron chi connectivity index (χ1n) is 37.9. The minimum absolute atomic E-state index is 0.105. The number of phosphoric ester groups is 2. The van der Waals surface area contributed by atoms with Crippen molar-refractivity contribution in [1.82, 2.24) is 0 Å². The SMILES string of the molecule is CCCCCCCCCCCC(=O)OC[C@H](COP(=O)(O)OC[C@H](O)COP(=O)(O)OC[C@@H](COC(=O)CCCCCCCCCCCC(C)C)OC(=O)CCCCCCCCCCCCCCCCCCC(C)C)OC(=O)CCCCCCCCCCC(C)CC. The average Bonchev–Trinajstić information content (AvgIpc) is 1.57. The lowest BCUT2D eigenvalue weighted by Gasteiger charge is -2.21. The van der Waals surface area contributed by atoms with E-state index in [1.807, 2.05) is 0 Å². The highest BCUT2D eigenvalue weighted by Crippen LogP contribution is 2.45. The number of phosphoric acid groups is 2. The number of aliphatic hydroxyl groups is 1. The Morgan fingerprint density at radius 2 is 0.554 bits per heavy atom. The lowest BCUT2D eigenvalue weighted by molar-refractivity contribution is -0.161. The molecule has 6 atom stereocenters. The van der Waals surface area contributed by atoms with E-state index in [0.29, 0.717) is 25.7 Å². The molecule has 0 saturated carbocycles. The van der Waals surface area contributed by atoms with Crippen molar-refractivity contribution in [3.8, 4) is 0 Å². The fraction of sp³-hybridized carbons (Fsp3) is 0.945. The molecule has 92 heavy (non-hydrogen) atoms. The van der Waals surface area contributed by atoms with Crippen LogP contribution in [0.15, 0.2) is 0 Å². The second-order valence-electron chi connectivity index (χ2n) is 27.5. The highest BCUT2D eigenvalue weighted by atomic mass is 31.2. The average molecular weight is 1350 g/mol. The van der Waals surface area contributed by atoms with Crippen LogP contribution in [0.3, 0.4) is 0 Å². The van der Waals surface area contributed by atoms with Crippen molar-refractivity contribution in [2.45, 2.75) is 388 Å². The summed E-state index contributed by atoms with van der Waals surface area (Å²) < 4.78 is 68.4. The summed E-state index contributed by atoms with van der Waals surface area (Å²) in [5.74, 6) is 0.198. The van der Waals surface area contributed by atoms with Crippen molar-refractivity contribution < 1.29 is 80.2 Å². The molecule has 0 radical (unpaired) electrons. The van der Waals surface area contributed by atoms with Crippen molar-refractivity contribution in [2.24, 2.45) is 17.8 Å². The van der Waals surface area contributed by atoms with Gasteiger partial charge in [-0.15, -0.1) is 0 Å². The maximum Gasteiger partial charge on any atom is 0.472 e. The molecule has 0 aromatic heterocycles. The van der Waals surface area contributed by atoms with Crippen LogP contribution in [0.25, 0.3) is 0 Å². The monoisotopic (exact) mass is 1350 g/mol. The molecule has 0 aromatic carbocycles. The molecule has 0 fully saturated rings. The Labute approximate surface area is 562 Å². The van der Waals surface area contributed by atoms with Gasteiger partial charge in [0.1, 0.15) is 19.3 Å². The van der Waals surface area contributed by atoms with Gasteiger partial charge in [0.25, 0.3) is 0 Å². The number of hydrogen-bond donors (Lipinski definition) is 3. The summed E-state index contributed by atoms with van der Waals surface area (Å²) in [5, 5.41) is 10.6. The molecular weight excluding hydrogens is 1210 g/mol. The molecule has 3 unspecified atom stereocenters. The Balaban J connectivity index is 5.22. The van der Waals surface area contributed by atoms with E-state index in [1.54, 1.807) is 0 Å². The first kappa shape index (κ1) is 90.1. The zero-order valence-electron chi connectivity index (χ0n) is 60.0. The van der Waals surface area contributed by atoms with Gasteiger partial charge in [0.05, 0.1) is 26.4 Å². The van der Waals surface area contributed by atoms with E-state index in [-0.39, 0.29) is 25.7 Å². The fourth-order valence-electron chi connectivity index (χ4n) is 11.0. The highest BCUT2D eigenvalue weighted by Gasteiger charge is 2.30. The summed E-state index contributed by atoms with van der Waals surface area (Å²) in [5.41, 5.74) is 0. The molecule has 0 bridgehead atoms. The number of unbranched alkanes of at least 4 members (excludes halogenated alkanes) is 38. The fourth-order valence-corrected chi connectivity index (χ4v) is 12.6. The van der Waals surface area contributed by atoms with Gasteiger partial charge >= 0.3 is 39.5 Å². The highest BCUT2D eigenvalue weighted by molar-refractivity contribution is 7.47. The third-order valence-electron chi connectivity index (χ3n) is 17.2. The molecule has 0 amide bonds. The van der Waals surface area contributed by atoms with Gasteiger partial charge in [0, 0.05) is 25.7 Å². The summed E-state index contributed by atoms with van der Waals surface area (Å²) >= 11 is 0. The van der Waals surface area contributed by atoms with Crippen molar-refractivity contribution in [3.63, 3.8) is 0 Å². The van der Waals surface area contributed by atoms with Crippen LogP contribution in [0.2, 0.25) is 0 Å². The molecule has 0 spiro atoms. The summed E-state index contributed by atoms with van der Waals surface area (Å²) in [6, 6.07) is 0. The lowest BCUT2D eigenvalue weighted by atomic mass is 9.99. The van der Waals surface area contributed by atoms with Gasteiger partial charge < -0.3 is 33.8 Å². The normalized spacial score (nSPS) is 14.4. The van der Waals surface area contributed by atoms with Crippen molar-refractivity contribution in [2.75, 3.05) is 39.6 Å². The third-order valence-corrected chi connectivity index (χ3v) is 19.1. The van der Waals surface area contributed by atoms with E-state index < -0.39 is 97.5 Å². The lowest BCUT2D eigenvalue weighted by Crippen LogP contribution is -2.30. The topological polar surface area (TPSA) is 237 Å². The zero-order valence-corrected chi connectivity index (χ0v) is 61.8. The molecule has 0 saturated heterocycles. The molecule has 0 aliphatic rings. The molecule has 0 aliphatic heterocycles. The van der Waals surface area contributed by atoms with Crippen LogP contribution in [0.4, 0.5) is 0 Å². The number of esters is 4. The maximum absolute atomic E-state index is 13.0. The van der Waals surface area contributed by atoms with Gasteiger partial charge in [0.2, 0.25) is 0 Å². The second-order valence-corrected chi connectivity index (χ2v) is 30.4. The van der Waals surface area contributed by atoms with Gasteiger partial charge in [-0.1, -0.05) is 318 Å². The molecular formula is C73H142O17P2. The van der Waals surface area contributed by atoms with Gasteiger partial charge in [0.15, 0.2) is 12.2 Å². The van der Waals surface area contributed by atoms with Gasteiger partial charge in [-0.2, -0.15) is 0 Å². The predicted molar refractivity (Wildman–Crippen MR) is 372 cm³/mol.